The lowest BCUT2D eigenvalue weighted by Crippen LogP contribution is -2.38. The number of hydrogen-bond donors (Lipinski definition) is 1. The van der Waals surface area contributed by atoms with Gasteiger partial charge in [-0.15, -0.1) is 0 Å². The van der Waals surface area contributed by atoms with Gasteiger partial charge in [-0.2, -0.15) is 0 Å². The minimum atomic E-state index is -0.265. The van der Waals surface area contributed by atoms with Gasteiger partial charge < -0.3 is 15.0 Å². The van der Waals surface area contributed by atoms with Gasteiger partial charge in [0.05, 0.1) is 5.92 Å². The lowest BCUT2D eigenvalue weighted by atomic mass is 9.94. The Kier molecular flexibility index (Phi) is 6.13. The first-order valence-electron chi connectivity index (χ1n) is 10.6. The number of hydrogen-bond acceptors (Lipinski definition) is 3. The van der Waals surface area contributed by atoms with Gasteiger partial charge in [0.15, 0.2) is 0 Å². The van der Waals surface area contributed by atoms with Crippen LogP contribution in [0.4, 0.5) is 5.69 Å². The third-order valence-electron chi connectivity index (χ3n) is 5.91. The number of carbonyl (C=O) groups is 2. The maximum atomic E-state index is 12.7. The van der Waals surface area contributed by atoms with E-state index in [4.69, 9.17) is 4.74 Å². The average molecular weight is 392 g/mol. The Balaban J connectivity index is 1.28. The normalized spacial score (nSPS) is 19.9. The smallest absolute Gasteiger partial charge is 0.229 e. The van der Waals surface area contributed by atoms with Crippen molar-refractivity contribution in [3.8, 4) is 5.75 Å². The van der Waals surface area contributed by atoms with E-state index in [2.05, 4.69) is 5.32 Å². The highest BCUT2D eigenvalue weighted by atomic mass is 16.5. The summed E-state index contributed by atoms with van der Waals surface area (Å²) in [6.45, 7) is 1.06. The quantitative estimate of drug-likeness (QED) is 0.793. The van der Waals surface area contributed by atoms with Gasteiger partial charge in [-0.05, 0) is 42.7 Å². The molecule has 29 heavy (non-hydrogen) atoms. The Labute approximate surface area is 172 Å². The number of likely N-dealkylation sites (tertiary alicyclic amines) is 1. The van der Waals surface area contributed by atoms with Crippen LogP contribution in [0.1, 0.15) is 44.1 Å². The van der Waals surface area contributed by atoms with E-state index < -0.39 is 0 Å². The second kappa shape index (κ2) is 9.12. The van der Waals surface area contributed by atoms with E-state index in [1.165, 1.54) is 19.3 Å². The van der Waals surface area contributed by atoms with Crippen molar-refractivity contribution in [1.82, 2.24) is 4.90 Å². The maximum Gasteiger partial charge on any atom is 0.229 e. The van der Waals surface area contributed by atoms with E-state index >= 15 is 0 Å². The monoisotopic (exact) mass is 392 g/mol. The summed E-state index contributed by atoms with van der Waals surface area (Å²) in [5.41, 5.74) is 1.84. The standard InChI is InChI=1S/C24H28N2O3/c27-23-15-19(16-26(23)21-9-5-2-6-10-21)24(28)25-20-11-13-22(14-12-20)29-17-18-7-3-1-4-8-18/h1,3-4,7-8,11-14,19,21H,2,5-6,9-10,15-17H2,(H,25,28)/t19-/m1/s1. The Morgan fingerprint density at radius 1 is 1.00 bits per heavy atom. The Hall–Kier alpha value is -2.82. The molecule has 1 aliphatic carbocycles. The summed E-state index contributed by atoms with van der Waals surface area (Å²) in [5, 5.41) is 2.96. The number of carbonyl (C=O) groups excluding carboxylic acids is 2. The molecule has 5 heteroatoms. The van der Waals surface area contributed by atoms with Crippen LogP contribution in [0.2, 0.25) is 0 Å². The fraction of sp³-hybridized carbons (Fsp3) is 0.417. The summed E-state index contributed by atoms with van der Waals surface area (Å²) in [7, 11) is 0. The summed E-state index contributed by atoms with van der Waals surface area (Å²) < 4.78 is 5.78. The molecule has 2 fully saturated rings. The maximum absolute atomic E-state index is 12.7. The topological polar surface area (TPSA) is 58.6 Å². The summed E-state index contributed by atoms with van der Waals surface area (Å²) in [6.07, 6.45) is 6.09. The van der Waals surface area contributed by atoms with Gasteiger partial charge in [0.2, 0.25) is 11.8 Å². The van der Waals surface area contributed by atoms with Gasteiger partial charge in [-0.3, -0.25) is 9.59 Å². The van der Waals surface area contributed by atoms with E-state index in [-0.39, 0.29) is 17.7 Å². The highest BCUT2D eigenvalue weighted by Gasteiger charge is 2.38. The molecule has 1 atom stereocenters. The molecule has 0 radical (unpaired) electrons. The van der Waals surface area contributed by atoms with E-state index in [0.29, 0.717) is 25.6 Å². The van der Waals surface area contributed by atoms with Crippen LogP contribution >= 0.6 is 0 Å². The molecule has 0 bridgehead atoms. The van der Waals surface area contributed by atoms with Crippen LogP contribution in [0, 0.1) is 5.92 Å². The van der Waals surface area contributed by atoms with Crippen LogP contribution in [0.3, 0.4) is 0 Å². The zero-order chi connectivity index (χ0) is 20.1. The van der Waals surface area contributed by atoms with Gasteiger partial charge in [-0.1, -0.05) is 49.6 Å². The molecule has 1 saturated heterocycles. The molecule has 0 aromatic heterocycles. The van der Waals surface area contributed by atoms with Crippen LogP contribution < -0.4 is 10.1 Å². The van der Waals surface area contributed by atoms with Crippen molar-refractivity contribution in [3.05, 3.63) is 60.2 Å². The molecule has 0 unspecified atom stereocenters. The molecule has 2 aliphatic rings. The minimum absolute atomic E-state index is 0.0744. The lowest BCUT2D eigenvalue weighted by Gasteiger charge is -2.31. The van der Waals surface area contributed by atoms with E-state index in [9.17, 15) is 9.59 Å². The fourth-order valence-corrected chi connectivity index (χ4v) is 4.27. The molecule has 2 amide bonds. The van der Waals surface area contributed by atoms with E-state index in [1.807, 2.05) is 59.5 Å². The number of rotatable bonds is 6. The van der Waals surface area contributed by atoms with Crippen molar-refractivity contribution in [2.24, 2.45) is 5.92 Å². The van der Waals surface area contributed by atoms with Crippen LogP contribution in [-0.4, -0.2) is 29.3 Å². The largest absolute Gasteiger partial charge is 0.489 e. The van der Waals surface area contributed by atoms with Crippen molar-refractivity contribution < 1.29 is 14.3 Å². The number of nitrogens with zero attached hydrogens (tertiary/aromatic N) is 1. The predicted octanol–water partition coefficient (Wildman–Crippen LogP) is 4.39. The number of nitrogens with one attached hydrogen (secondary N) is 1. The molecule has 2 aromatic carbocycles. The number of anilines is 1. The molecule has 2 aromatic rings. The first-order chi connectivity index (χ1) is 14.2. The summed E-state index contributed by atoms with van der Waals surface area (Å²) in [4.78, 5) is 27.0. The molecule has 1 N–H and O–H groups in total. The van der Waals surface area contributed by atoms with Gasteiger partial charge in [0, 0.05) is 24.7 Å². The molecule has 1 aliphatic heterocycles. The molecule has 1 heterocycles. The van der Waals surface area contributed by atoms with Crippen LogP contribution in [0.15, 0.2) is 54.6 Å². The van der Waals surface area contributed by atoms with Crippen molar-refractivity contribution in [3.63, 3.8) is 0 Å². The van der Waals surface area contributed by atoms with E-state index in [1.54, 1.807) is 0 Å². The highest BCUT2D eigenvalue weighted by Crippen LogP contribution is 2.29. The van der Waals surface area contributed by atoms with Crippen molar-refractivity contribution in [2.75, 3.05) is 11.9 Å². The second-order valence-electron chi connectivity index (χ2n) is 8.03. The first-order valence-corrected chi connectivity index (χ1v) is 10.6. The van der Waals surface area contributed by atoms with Crippen LogP contribution in [-0.2, 0) is 16.2 Å². The Morgan fingerprint density at radius 3 is 2.45 bits per heavy atom. The lowest BCUT2D eigenvalue weighted by molar-refractivity contribution is -0.130. The van der Waals surface area contributed by atoms with Crippen molar-refractivity contribution >= 4 is 17.5 Å². The van der Waals surface area contributed by atoms with Crippen molar-refractivity contribution in [2.45, 2.75) is 51.2 Å². The molecule has 5 nitrogen and oxygen atoms in total. The second-order valence-corrected chi connectivity index (χ2v) is 8.03. The van der Waals surface area contributed by atoms with Gasteiger partial charge >= 0.3 is 0 Å². The minimum Gasteiger partial charge on any atom is -0.489 e. The first kappa shape index (κ1) is 19.5. The van der Waals surface area contributed by atoms with Crippen molar-refractivity contribution in [1.29, 1.82) is 0 Å². The fourth-order valence-electron chi connectivity index (χ4n) is 4.27. The SMILES string of the molecule is O=C(Nc1ccc(OCc2ccccc2)cc1)[C@@H]1CC(=O)N(C2CCCCC2)C1. The molecule has 0 spiro atoms. The Morgan fingerprint density at radius 2 is 1.72 bits per heavy atom. The molecular weight excluding hydrogens is 364 g/mol. The molecule has 152 valence electrons. The van der Waals surface area contributed by atoms with Gasteiger partial charge in [-0.25, -0.2) is 0 Å². The van der Waals surface area contributed by atoms with Gasteiger partial charge in [0.25, 0.3) is 0 Å². The zero-order valence-electron chi connectivity index (χ0n) is 16.7. The average Bonchev–Trinajstić information content (AvgIpc) is 3.16. The van der Waals surface area contributed by atoms with Crippen LogP contribution in [0.5, 0.6) is 5.75 Å². The number of amides is 2. The van der Waals surface area contributed by atoms with Crippen LogP contribution in [0.25, 0.3) is 0 Å². The third kappa shape index (κ3) is 4.97. The zero-order valence-corrected chi connectivity index (χ0v) is 16.7. The number of benzene rings is 2. The molecular formula is C24H28N2O3. The van der Waals surface area contributed by atoms with E-state index in [0.717, 1.165) is 29.8 Å². The summed E-state index contributed by atoms with van der Waals surface area (Å²) >= 11 is 0. The summed E-state index contributed by atoms with van der Waals surface area (Å²) in [5.74, 6) is 0.543. The summed E-state index contributed by atoms with van der Waals surface area (Å²) in [6, 6.07) is 17.7. The number of ether oxygens (including phenoxy) is 1. The third-order valence-corrected chi connectivity index (χ3v) is 5.91. The predicted molar refractivity (Wildman–Crippen MR) is 113 cm³/mol. The molecule has 1 saturated carbocycles. The van der Waals surface area contributed by atoms with Gasteiger partial charge in [0.1, 0.15) is 12.4 Å². The Bertz CT molecular complexity index is 829. The molecule has 4 rings (SSSR count). The highest BCUT2D eigenvalue weighted by molar-refractivity contribution is 5.97.